The van der Waals surface area contributed by atoms with Gasteiger partial charge in [0, 0.05) is 21.7 Å². The summed E-state index contributed by atoms with van der Waals surface area (Å²) in [5.41, 5.74) is 1.07. The van der Waals surface area contributed by atoms with Crippen molar-refractivity contribution in [2.45, 2.75) is 39.7 Å². The highest BCUT2D eigenvalue weighted by molar-refractivity contribution is 9.11. The van der Waals surface area contributed by atoms with Crippen molar-refractivity contribution in [3.8, 4) is 0 Å². The molecule has 1 aromatic heterocycles. The highest BCUT2D eigenvalue weighted by Crippen LogP contribution is 2.19. The number of nitrogens with one attached hydrogen (secondary N) is 1. The summed E-state index contributed by atoms with van der Waals surface area (Å²) in [4.78, 5) is 4.37. The molecule has 0 fully saturated rings. The first-order chi connectivity index (χ1) is 8.09. The second kappa shape index (κ2) is 8.22. The van der Waals surface area contributed by atoms with Crippen LogP contribution in [0.3, 0.4) is 0 Å². The summed E-state index contributed by atoms with van der Waals surface area (Å²) in [5, 5.41) is 3.43. The van der Waals surface area contributed by atoms with Crippen LogP contribution in [-0.2, 0) is 6.54 Å². The quantitative estimate of drug-likeness (QED) is 0.720. The Bertz CT molecular complexity index is 340. The third-order valence-corrected chi connectivity index (χ3v) is 3.68. The first kappa shape index (κ1) is 15.1. The normalized spacial score (nSPS) is 11.1. The van der Waals surface area contributed by atoms with Crippen molar-refractivity contribution in [2.75, 3.05) is 6.54 Å². The van der Waals surface area contributed by atoms with E-state index in [9.17, 15) is 0 Å². The summed E-state index contributed by atoms with van der Waals surface area (Å²) in [6, 6.07) is 2.03. The molecule has 0 bridgehead atoms. The monoisotopic (exact) mass is 362 g/mol. The Balaban J connectivity index is 2.18. The molecule has 0 amide bonds. The molecule has 0 unspecified atom stereocenters. The van der Waals surface area contributed by atoms with Crippen molar-refractivity contribution in [1.82, 2.24) is 10.3 Å². The molecule has 0 saturated carbocycles. The highest BCUT2D eigenvalue weighted by Gasteiger charge is 2.01. The molecular weight excluding hydrogens is 344 g/mol. The first-order valence-corrected chi connectivity index (χ1v) is 7.69. The highest BCUT2D eigenvalue weighted by atomic mass is 79.9. The number of unbranched alkanes of at least 4 members (excludes halogenated alkanes) is 1. The van der Waals surface area contributed by atoms with Crippen LogP contribution in [0.25, 0.3) is 0 Å². The lowest BCUT2D eigenvalue weighted by Gasteiger charge is -2.07. The molecule has 0 aliphatic carbocycles. The molecule has 0 aliphatic heterocycles. The molecule has 0 spiro atoms. The second-order valence-electron chi connectivity index (χ2n) is 4.65. The average molecular weight is 364 g/mol. The molecule has 1 heterocycles. The summed E-state index contributed by atoms with van der Waals surface area (Å²) in [7, 11) is 0. The zero-order valence-electron chi connectivity index (χ0n) is 10.5. The van der Waals surface area contributed by atoms with Crippen LogP contribution in [0.4, 0.5) is 0 Å². The van der Waals surface area contributed by atoms with Crippen molar-refractivity contribution >= 4 is 31.9 Å². The van der Waals surface area contributed by atoms with Gasteiger partial charge in [0.05, 0.1) is 5.69 Å². The molecule has 1 N–H and O–H groups in total. The van der Waals surface area contributed by atoms with Gasteiger partial charge in [0.1, 0.15) is 0 Å². The van der Waals surface area contributed by atoms with Gasteiger partial charge in [-0.05, 0) is 56.8 Å². The van der Waals surface area contributed by atoms with Gasteiger partial charge in [0.2, 0.25) is 0 Å². The minimum Gasteiger partial charge on any atom is -0.311 e. The van der Waals surface area contributed by atoms with Crippen molar-refractivity contribution in [1.29, 1.82) is 0 Å². The SMILES string of the molecule is CC(C)CCCCNCc1ncc(Br)cc1Br. The number of rotatable bonds is 7. The van der Waals surface area contributed by atoms with E-state index in [1.54, 1.807) is 0 Å². The number of aromatic nitrogens is 1. The molecule has 0 aliphatic rings. The first-order valence-electron chi connectivity index (χ1n) is 6.10. The van der Waals surface area contributed by atoms with E-state index in [-0.39, 0.29) is 0 Å². The average Bonchev–Trinajstić information content (AvgIpc) is 2.25. The predicted molar refractivity (Wildman–Crippen MR) is 80.0 cm³/mol. The van der Waals surface area contributed by atoms with E-state index in [4.69, 9.17) is 0 Å². The number of hydrogen-bond donors (Lipinski definition) is 1. The molecule has 17 heavy (non-hydrogen) atoms. The van der Waals surface area contributed by atoms with Crippen LogP contribution in [0.1, 0.15) is 38.8 Å². The van der Waals surface area contributed by atoms with E-state index < -0.39 is 0 Å². The summed E-state index contributed by atoms with van der Waals surface area (Å²) >= 11 is 6.92. The third-order valence-electron chi connectivity index (χ3n) is 2.56. The standard InChI is InChI=1S/C13H20Br2N2/c1-10(2)5-3-4-6-16-9-13-12(15)7-11(14)8-17-13/h7-8,10,16H,3-6,9H2,1-2H3. The minimum atomic E-state index is 0.817. The fourth-order valence-electron chi connectivity index (χ4n) is 1.58. The Morgan fingerprint density at radius 2 is 2.06 bits per heavy atom. The number of halogens is 2. The smallest absolute Gasteiger partial charge is 0.0684 e. The third kappa shape index (κ3) is 6.53. The summed E-state index contributed by atoms with van der Waals surface area (Å²) in [5.74, 6) is 0.817. The van der Waals surface area contributed by atoms with Gasteiger partial charge in [-0.1, -0.05) is 26.7 Å². The lowest BCUT2D eigenvalue weighted by Crippen LogP contribution is -2.16. The Labute approximate surface area is 121 Å². The summed E-state index contributed by atoms with van der Waals surface area (Å²) in [6.07, 6.45) is 5.70. The Kier molecular flexibility index (Phi) is 7.32. The molecule has 0 saturated heterocycles. The minimum absolute atomic E-state index is 0.817. The van der Waals surface area contributed by atoms with E-state index >= 15 is 0 Å². The van der Waals surface area contributed by atoms with Gasteiger partial charge in [0.25, 0.3) is 0 Å². The molecule has 96 valence electrons. The van der Waals surface area contributed by atoms with Crippen LogP contribution < -0.4 is 5.32 Å². The maximum atomic E-state index is 4.37. The van der Waals surface area contributed by atoms with Crippen LogP contribution in [-0.4, -0.2) is 11.5 Å². The van der Waals surface area contributed by atoms with Gasteiger partial charge >= 0.3 is 0 Å². The zero-order valence-corrected chi connectivity index (χ0v) is 13.6. The summed E-state index contributed by atoms with van der Waals surface area (Å²) in [6.45, 7) is 6.44. The number of pyridine rings is 1. The van der Waals surface area contributed by atoms with Gasteiger partial charge in [0.15, 0.2) is 0 Å². The lowest BCUT2D eigenvalue weighted by molar-refractivity contribution is 0.519. The zero-order chi connectivity index (χ0) is 12.7. The van der Waals surface area contributed by atoms with Gasteiger partial charge in [-0.15, -0.1) is 0 Å². The molecule has 1 rings (SSSR count). The van der Waals surface area contributed by atoms with Gasteiger partial charge in [-0.3, -0.25) is 4.98 Å². The Morgan fingerprint density at radius 3 is 2.71 bits per heavy atom. The van der Waals surface area contributed by atoms with E-state index in [0.717, 1.165) is 33.6 Å². The fraction of sp³-hybridized carbons (Fsp3) is 0.615. The fourth-order valence-corrected chi connectivity index (χ4v) is 2.71. The molecule has 0 atom stereocenters. The van der Waals surface area contributed by atoms with Crippen LogP contribution >= 0.6 is 31.9 Å². The largest absolute Gasteiger partial charge is 0.311 e. The van der Waals surface area contributed by atoms with Crippen molar-refractivity contribution in [3.05, 3.63) is 26.9 Å². The molecule has 2 nitrogen and oxygen atoms in total. The molecular formula is C13H20Br2N2. The van der Waals surface area contributed by atoms with E-state index in [2.05, 4.69) is 56.0 Å². The maximum Gasteiger partial charge on any atom is 0.0684 e. The lowest BCUT2D eigenvalue weighted by atomic mass is 10.1. The Morgan fingerprint density at radius 1 is 1.29 bits per heavy atom. The van der Waals surface area contributed by atoms with E-state index in [1.807, 2.05) is 12.3 Å². The van der Waals surface area contributed by atoms with Crippen molar-refractivity contribution in [3.63, 3.8) is 0 Å². The maximum absolute atomic E-state index is 4.37. The van der Waals surface area contributed by atoms with E-state index in [1.165, 1.54) is 19.3 Å². The molecule has 1 aromatic rings. The summed E-state index contributed by atoms with van der Waals surface area (Å²) < 4.78 is 2.06. The van der Waals surface area contributed by atoms with Crippen LogP contribution in [0, 0.1) is 5.92 Å². The Hall–Kier alpha value is 0.0700. The number of hydrogen-bond acceptors (Lipinski definition) is 2. The molecule has 4 heteroatoms. The van der Waals surface area contributed by atoms with Crippen molar-refractivity contribution in [2.24, 2.45) is 5.92 Å². The van der Waals surface area contributed by atoms with Gasteiger partial charge in [-0.2, -0.15) is 0 Å². The van der Waals surface area contributed by atoms with Crippen LogP contribution in [0.2, 0.25) is 0 Å². The second-order valence-corrected chi connectivity index (χ2v) is 6.42. The number of nitrogens with zero attached hydrogens (tertiary/aromatic N) is 1. The van der Waals surface area contributed by atoms with Gasteiger partial charge < -0.3 is 5.32 Å². The van der Waals surface area contributed by atoms with E-state index in [0.29, 0.717) is 0 Å². The molecule has 0 radical (unpaired) electrons. The van der Waals surface area contributed by atoms with Crippen LogP contribution in [0.15, 0.2) is 21.2 Å². The predicted octanol–water partition coefficient (Wildman–Crippen LogP) is 4.52. The van der Waals surface area contributed by atoms with Crippen LogP contribution in [0.5, 0.6) is 0 Å². The topological polar surface area (TPSA) is 24.9 Å². The van der Waals surface area contributed by atoms with Crippen molar-refractivity contribution < 1.29 is 0 Å². The molecule has 0 aromatic carbocycles. The van der Waals surface area contributed by atoms with Gasteiger partial charge in [-0.25, -0.2) is 0 Å².